The van der Waals surface area contributed by atoms with Gasteiger partial charge in [0, 0.05) is 52.4 Å². The highest BCUT2D eigenvalue weighted by Crippen LogP contribution is 2.14. The number of fused-ring (bicyclic) bond motifs is 1. The SMILES string of the molecule is COCCOCC(=O)N1CCN2CCN(C)C[C@@H]2C1. The smallest absolute Gasteiger partial charge is 0.248 e. The van der Waals surface area contributed by atoms with Crippen LogP contribution in [0.3, 0.4) is 0 Å². The molecule has 0 aromatic carbocycles. The molecule has 19 heavy (non-hydrogen) atoms. The second-order valence-corrected chi connectivity index (χ2v) is 5.34. The Morgan fingerprint density at radius 3 is 2.74 bits per heavy atom. The first kappa shape index (κ1) is 14.7. The minimum atomic E-state index is 0.101. The number of carbonyl (C=O) groups is 1. The van der Waals surface area contributed by atoms with Crippen LogP contribution in [0, 0.1) is 0 Å². The van der Waals surface area contributed by atoms with E-state index in [9.17, 15) is 4.79 Å². The predicted molar refractivity (Wildman–Crippen MR) is 72.1 cm³/mol. The Balaban J connectivity index is 1.74. The van der Waals surface area contributed by atoms with Gasteiger partial charge in [-0.2, -0.15) is 0 Å². The van der Waals surface area contributed by atoms with Gasteiger partial charge in [-0.1, -0.05) is 0 Å². The number of ether oxygens (including phenoxy) is 2. The van der Waals surface area contributed by atoms with Gasteiger partial charge >= 0.3 is 0 Å². The highest BCUT2D eigenvalue weighted by Gasteiger charge is 2.32. The van der Waals surface area contributed by atoms with E-state index in [4.69, 9.17) is 9.47 Å². The highest BCUT2D eigenvalue weighted by molar-refractivity contribution is 5.77. The Morgan fingerprint density at radius 1 is 1.16 bits per heavy atom. The second kappa shape index (κ2) is 7.19. The molecule has 6 nitrogen and oxygen atoms in total. The number of rotatable bonds is 5. The molecular formula is C13H25N3O3. The van der Waals surface area contributed by atoms with Crippen molar-refractivity contribution in [1.82, 2.24) is 14.7 Å². The molecule has 0 spiro atoms. The van der Waals surface area contributed by atoms with Crippen molar-refractivity contribution >= 4 is 5.91 Å². The second-order valence-electron chi connectivity index (χ2n) is 5.34. The lowest BCUT2D eigenvalue weighted by Gasteiger charge is -2.46. The molecule has 0 saturated carbocycles. The minimum Gasteiger partial charge on any atom is -0.382 e. The fourth-order valence-corrected chi connectivity index (χ4v) is 2.73. The summed E-state index contributed by atoms with van der Waals surface area (Å²) >= 11 is 0. The molecule has 0 radical (unpaired) electrons. The molecule has 2 aliphatic rings. The molecule has 0 aromatic heterocycles. The fourth-order valence-electron chi connectivity index (χ4n) is 2.73. The first-order chi connectivity index (χ1) is 9.20. The molecule has 2 rings (SSSR count). The third kappa shape index (κ3) is 4.14. The van der Waals surface area contributed by atoms with E-state index >= 15 is 0 Å². The summed E-state index contributed by atoms with van der Waals surface area (Å²) < 4.78 is 10.2. The van der Waals surface area contributed by atoms with Crippen molar-refractivity contribution < 1.29 is 14.3 Å². The summed E-state index contributed by atoms with van der Waals surface area (Å²) in [7, 11) is 3.77. The van der Waals surface area contributed by atoms with E-state index in [1.54, 1.807) is 7.11 Å². The maximum Gasteiger partial charge on any atom is 0.248 e. The standard InChI is InChI=1S/C13H25N3O3/c1-14-3-4-15-5-6-16(10-12(15)9-14)13(17)11-19-8-7-18-2/h12H,3-11H2,1-2H3/t12-/m1/s1. The summed E-state index contributed by atoms with van der Waals surface area (Å²) in [5.74, 6) is 0.101. The van der Waals surface area contributed by atoms with Crippen molar-refractivity contribution in [2.45, 2.75) is 6.04 Å². The lowest BCUT2D eigenvalue weighted by atomic mass is 10.1. The van der Waals surface area contributed by atoms with E-state index in [0.717, 1.165) is 39.3 Å². The van der Waals surface area contributed by atoms with Gasteiger partial charge in [0.15, 0.2) is 0 Å². The number of likely N-dealkylation sites (N-methyl/N-ethyl adjacent to an activating group) is 1. The number of methoxy groups -OCH3 is 1. The Morgan fingerprint density at radius 2 is 1.95 bits per heavy atom. The Hall–Kier alpha value is -0.690. The first-order valence-electron chi connectivity index (χ1n) is 6.97. The van der Waals surface area contributed by atoms with Gasteiger partial charge in [-0.15, -0.1) is 0 Å². The predicted octanol–water partition coefficient (Wildman–Crippen LogP) is -0.892. The van der Waals surface area contributed by atoms with Crippen molar-refractivity contribution in [3.05, 3.63) is 0 Å². The van der Waals surface area contributed by atoms with Gasteiger partial charge in [0.1, 0.15) is 6.61 Å². The molecule has 0 unspecified atom stereocenters. The van der Waals surface area contributed by atoms with Gasteiger partial charge in [0.2, 0.25) is 5.91 Å². The van der Waals surface area contributed by atoms with Crippen LogP contribution in [0.4, 0.5) is 0 Å². The largest absolute Gasteiger partial charge is 0.382 e. The Labute approximate surface area is 115 Å². The molecule has 2 saturated heterocycles. The molecule has 110 valence electrons. The van der Waals surface area contributed by atoms with E-state index in [0.29, 0.717) is 19.3 Å². The van der Waals surface area contributed by atoms with Crippen molar-refractivity contribution in [3.8, 4) is 0 Å². The Kier molecular flexibility index (Phi) is 5.57. The van der Waals surface area contributed by atoms with Crippen LogP contribution in [0.5, 0.6) is 0 Å². The van der Waals surface area contributed by atoms with Crippen LogP contribution in [-0.4, -0.2) is 99.9 Å². The summed E-state index contributed by atoms with van der Waals surface area (Å²) in [6, 6.07) is 0.482. The van der Waals surface area contributed by atoms with Crippen LogP contribution in [0.25, 0.3) is 0 Å². The van der Waals surface area contributed by atoms with Crippen LogP contribution in [0.15, 0.2) is 0 Å². The van der Waals surface area contributed by atoms with E-state index in [1.807, 2.05) is 4.90 Å². The fraction of sp³-hybridized carbons (Fsp3) is 0.923. The molecule has 0 aromatic rings. The van der Waals surface area contributed by atoms with Crippen molar-refractivity contribution in [2.75, 3.05) is 73.2 Å². The average Bonchev–Trinajstić information content (AvgIpc) is 2.42. The normalized spacial score (nSPS) is 25.4. The van der Waals surface area contributed by atoms with Gasteiger partial charge in [-0.05, 0) is 7.05 Å². The zero-order valence-electron chi connectivity index (χ0n) is 12.0. The number of carbonyl (C=O) groups excluding carboxylic acids is 1. The topological polar surface area (TPSA) is 45.3 Å². The maximum absolute atomic E-state index is 12.0. The third-order valence-corrected chi connectivity index (χ3v) is 3.91. The van der Waals surface area contributed by atoms with Gasteiger partial charge in [-0.25, -0.2) is 0 Å². The summed E-state index contributed by atoms with van der Waals surface area (Å²) in [4.78, 5) is 18.8. The van der Waals surface area contributed by atoms with Crippen LogP contribution in [-0.2, 0) is 14.3 Å². The molecule has 1 atom stereocenters. The van der Waals surface area contributed by atoms with Crippen molar-refractivity contribution in [1.29, 1.82) is 0 Å². The molecule has 0 N–H and O–H groups in total. The van der Waals surface area contributed by atoms with Crippen LogP contribution in [0.1, 0.15) is 0 Å². The number of nitrogens with zero attached hydrogens (tertiary/aromatic N) is 3. The zero-order chi connectivity index (χ0) is 13.7. The first-order valence-corrected chi connectivity index (χ1v) is 6.97. The quantitative estimate of drug-likeness (QED) is 0.607. The average molecular weight is 271 g/mol. The number of hydrogen-bond acceptors (Lipinski definition) is 5. The molecule has 2 fully saturated rings. The zero-order valence-corrected chi connectivity index (χ0v) is 12.0. The molecule has 2 heterocycles. The molecule has 2 aliphatic heterocycles. The van der Waals surface area contributed by atoms with E-state index < -0.39 is 0 Å². The molecule has 6 heteroatoms. The van der Waals surface area contributed by atoms with Crippen molar-refractivity contribution in [3.63, 3.8) is 0 Å². The summed E-state index contributed by atoms with van der Waals surface area (Å²) in [5, 5.41) is 0. The Bertz CT molecular complexity index is 301. The highest BCUT2D eigenvalue weighted by atomic mass is 16.5. The lowest BCUT2D eigenvalue weighted by molar-refractivity contribution is -0.140. The summed E-state index contributed by atoms with van der Waals surface area (Å²) in [5.41, 5.74) is 0. The summed E-state index contributed by atoms with van der Waals surface area (Å²) in [6.45, 7) is 7.13. The monoisotopic (exact) mass is 271 g/mol. The van der Waals surface area contributed by atoms with Gasteiger partial charge in [0.05, 0.1) is 13.2 Å². The van der Waals surface area contributed by atoms with E-state index in [2.05, 4.69) is 16.8 Å². The van der Waals surface area contributed by atoms with Gasteiger partial charge in [0.25, 0.3) is 0 Å². The molecule has 0 bridgehead atoms. The third-order valence-electron chi connectivity index (χ3n) is 3.91. The van der Waals surface area contributed by atoms with Gasteiger partial charge < -0.3 is 19.3 Å². The lowest BCUT2D eigenvalue weighted by Crippen LogP contribution is -2.62. The van der Waals surface area contributed by atoms with Crippen LogP contribution >= 0.6 is 0 Å². The number of hydrogen-bond donors (Lipinski definition) is 0. The van der Waals surface area contributed by atoms with Crippen LogP contribution < -0.4 is 0 Å². The molecule has 1 amide bonds. The van der Waals surface area contributed by atoms with Crippen molar-refractivity contribution in [2.24, 2.45) is 0 Å². The minimum absolute atomic E-state index is 0.101. The van der Waals surface area contributed by atoms with E-state index in [-0.39, 0.29) is 12.5 Å². The molecule has 0 aliphatic carbocycles. The van der Waals surface area contributed by atoms with Gasteiger partial charge in [-0.3, -0.25) is 9.69 Å². The number of amides is 1. The molecular weight excluding hydrogens is 246 g/mol. The maximum atomic E-state index is 12.0. The number of piperazine rings is 2. The van der Waals surface area contributed by atoms with Crippen LogP contribution in [0.2, 0.25) is 0 Å². The van der Waals surface area contributed by atoms with E-state index in [1.165, 1.54) is 0 Å². The summed E-state index contributed by atoms with van der Waals surface area (Å²) in [6.07, 6.45) is 0.